The smallest absolute Gasteiger partial charge is 0.328 e. The molecule has 1 saturated heterocycles. The first-order chi connectivity index (χ1) is 14.9. The first-order valence-electron chi connectivity index (χ1n) is 10.5. The number of hydrogen-bond donors (Lipinski definition) is 1. The minimum Gasteiger partial charge on any atom is -0.493 e. The summed E-state index contributed by atoms with van der Waals surface area (Å²) >= 11 is 0. The molecule has 170 valence electrons. The molecule has 0 radical (unpaired) electrons. The van der Waals surface area contributed by atoms with Gasteiger partial charge in [-0.25, -0.2) is 4.79 Å². The molecule has 31 heavy (non-hydrogen) atoms. The van der Waals surface area contributed by atoms with Crippen LogP contribution < -0.4 is 14.8 Å². The maximum Gasteiger partial charge on any atom is 0.328 e. The van der Waals surface area contributed by atoms with E-state index in [0.29, 0.717) is 37.3 Å². The Morgan fingerprint density at radius 1 is 1.23 bits per heavy atom. The summed E-state index contributed by atoms with van der Waals surface area (Å²) in [5.74, 6) is 0.242. The second kappa shape index (κ2) is 12.0. The van der Waals surface area contributed by atoms with Crippen LogP contribution in [0.15, 0.2) is 30.9 Å². The lowest BCUT2D eigenvalue weighted by Crippen LogP contribution is -2.55. The zero-order valence-electron chi connectivity index (χ0n) is 18.5. The molecule has 1 aliphatic rings. The zero-order chi connectivity index (χ0) is 22.8. The van der Waals surface area contributed by atoms with Crippen molar-refractivity contribution in [3.63, 3.8) is 0 Å². The zero-order valence-corrected chi connectivity index (χ0v) is 18.5. The molecule has 1 aromatic carbocycles. The van der Waals surface area contributed by atoms with Crippen molar-refractivity contribution < 1.29 is 28.6 Å². The summed E-state index contributed by atoms with van der Waals surface area (Å²) in [6.45, 7) is 5.66. The summed E-state index contributed by atoms with van der Waals surface area (Å²) in [5.41, 5.74) is 0.943. The fourth-order valence-electron chi connectivity index (χ4n) is 3.68. The number of esters is 1. The molecule has 2 atom stereocenters. The van der Waals surface area contributed by atoms with Gasteiger partial charge in [-0.05, 0) is 43.4 Å². The average Bonchev–Trinajstić information content (AvgIpc) is 2.77. The lowest BCUT2D eigenvalue weighted by atomic mass is 10.00. The van der Waals surface area contributed by atoms with Gasteiger partial charge in [0.25, 0.3) is 0 Å². The molecule has 8 heteroatoms. The van der Waals surface area contributed by atoms with E-state index in [0.717, 1.165) is 18.4 Å². The molecule has 0 aliphatic carbocycles. The molecular formula is C23H32N2O6. The average molecular weight is 433 g/mol. The Morgan fingerprint density at radius 3 is 2.61 bits per heavy atom. The molecule has 0 spiro atoms. The molecule has 2 unspecified atom stereocenters. The Labute approximate surface area is 183 Å². The Balaban J connectivity index is 1.99. The SMILES string of the molecule is C=CCC(NC(C)=O)C(=O)N1CCCCC1C(=O)OCCc1ccc(OC)c(OC)c1. The summed E-state index contributed by atoms with van der Waals surface area (Å²) in [4.78, 5) is 38.8. The fourth-order valence-corrected chi connectivity index (χ4v) is 3.68. The highest BCUT2D eigenvalue weighted by molar-refractivity contribution is 5.90. The van der Waals surface area contributed by atoms with Crippen LogP contribution in [-0.2, 0) is 25.5 Å². The van der Waals surface area contributed by atoms with Crippen molar-refractivity contribution >= 4 is 17.8 Å². The van der Waals surface area contributed by atoms with Crippen molar-refractivity contribution in [2.24, 2.45) is 0 Å². The maximum absolute atomic E-state index is 13.0. The lowest BCUT2D eigenvalue weighted by molar-refractivity contribution is -0.157. The first kappa shape index (κ1) is 24.2. The van der Waals surface area contributed by atoms with E-state index in [1.54, 1.807) is 26.4 Å². The van der Waals surface area contributed by atoms with Crippen LogP contribution in [0.1, 0.15) is 38.2 Å². The van der Waals surface area contributed by atoms with E-state index in [-0.39, 0.29) is 18.4 Å². The number of ether oxygens (including phenoxy) is 3. The second-order valence-electron chi connectivity index (χ2n) is 7.43. The Morgan fingerprint density at radius 2 is 1.97 bits per heavy atom. The van der Waals surface area contributed by atoms with Crippen LogP contribution >= 0.6 is 0 Å². The van der Waals surface area contributed by atoms with Gasteiger partial charge >= 0.3 is 5.97 Å². The van der Waals surface area contributed by atoms with Crippen molar-refractivity contribution in [1.29, 1.82) is 0 Å². The summed E-state index contributed by atoms with van der Waals surface area (Å²) in [7, 11) is 3.14. The quantitative estimate of drug-likeness (QED) is 0.450. The van der Waals surface area contributed by atoms with Crippen molar-refractivity contribution in [3.05, 3.63) is 36.4 Å². The van der Waals surface area contributed by atoms with Crippen LogP contribution in [0.4, 0.5) is 0 Å². The molecule has 0 saturated carbocycles. The monoisotopic (exact) mass is 432 g/mol. The Hall–Kier alpha value is -3.03. The van der Waals surface area contributed by atoms with Crippen LogP contribution in [-0.4, -0.2) is 62.1 Å². The summed E-state index contributed by atoms with van der Waals surface area (Å²) in [5, 5.41) is 2.65. The van der Waals surface area contributed by atoms with Gasteiger partial charge in [0.15, 0.2) is 11.5 Å². The van der Waals surface area contributed by atoms with Crippen LogP contribution in [0.5, 0.6) is 11.5 Å². The molecule has 0 aromatic heterocycles. The molecule has 2 amide bonds. The third-order valence-corrected chi connectivity index (χ3v) is 5.22. The van der Waals surface area contributed by atoms with Crippen molar-refractivity contribution in [3.8, 4) is 11.5 Å². The van der Waals surface area contributed by atoms with Crippen molar-refractivity contribution in [2.45, 2.75) is 51.1 Å². The minimum absolute atomic E-state index is 0.189. The van der Waals surface area contributed by atoms with Crippen molar-refractivity contribution in [1.82, 2.24) is 10.2 Å². The summed E-state index contributed by atoms with van der Waals surface area (Å²) in [6.07, 6.45) is 4.59. The molecule has 1 aromatic rings. The standard InChI is InChI=1S/C23H32N2O6/c1-5-8-18(24-16(2)26)22(27)25-13-7-6-9-19(25)23(28)31-14-12-17-10-11-20(29-3)21(15-17)30-4/h5,10-11,15,18-19H,1,6-9,12-14H2,2-4H3,(H,24,26). The van der Waals surface area contributed by atoms with E-state index in [9.17, 15) is 14.4 Å². The lowest BCUT2D eigenvalue weighted by Gasteiger charge is -2.36. The molecule has 1 heterocycles. The number of amides is 2. The fraction of sp³-hybridized carbons (Fsp3) is 0.522. The van der Waals surface area contributed by atoms with Gasteiger partial charge in [-0.2, -0.15) is 0 Å². The van der Waals surface area contributed by atoms with Crippen LogP contribution in [0.3, 0.4) is 0 Å². The van der Waals surface area contributed by atoms with Gasteiger partial charge in [0.05, 0.1) is 20.8 Å². The number of likely N-dealkylation sites (tertiary alicyclic amines) is 1. The summed E-state index contributed by atoms with van der Waals surface area (Å²) in [6, 6.07) is 4.16. The number of hydrogen-bond acceptors (Lipinski definition) is 6. The van der Waals surface area contributed by atoms with E-state index >= 15 is 0 Å². The summed E-state index contributed by atoms with van der Waals surface area (Å²) < 4.78 is 16.0. The number of benzene rings is 1. The van der Waals surface area contributed by atoms with E-state index in [1.807, 2.05) is 12.1 Å². The third-order valence-electron chi connectivity index (χ3n) is 5.22. The normalized spacial score (nSPS) is 16.7. The van der Waals surface area contributed by atoms with Crippen LogP contribution in [0.25, 0.3) is 0 Å². The Bertz CT molecular complexity index is 794. The number of piperidine rings is 1. The van der Waals surface area contributed by atoms with Crippen LogP contribution in [0.2, 0.25) is 0 Å². The van der Waals surface area contributed by atoms with E-state index in [1.165, 1.54) is 11.8 Å². The number of nitrogens with zero attached hydrogens (tertiary/aromatic N) is 1. The van der Waals surface area contributed by atoms with Crippen LogP contribution in [0, 0.1) is 0 Å². The van der Waals surface area contributed by atoms with Gasteiger partial charge in [0.1, 0.15) is 12.1 Å². The van der Waals surface area contributed by atoms with Gasteiger partial charge in [-0.15, -0.1) is 6.58 Å². The third kappa shape index (κ3) is 6.73. The number of methoxy groups -OCH3 is 2. The van der Waals surface area contributed by atoms with E-state index < -0.39 is 18.1 Å². The number of carbonyl (C=O) groups excluding carboxylic acids is 3. The first-order valence-corrected chi connectivity index (χ1v) is 10.5. The van der Waals surface area contributed by atoms with Gasteiger partial charge in [0.2, 0.25) is 11.8 Å². The molecule has 1 N–H and O–H groups in total. The predicted molar refractivity (Wildman–Crippen MR) is 116 cm³/mol. The highest BCUT2D eigenvalue weighted by atomic mass is 16.5. The van der Waals surface area contributed by atoms with E-state index in [2.05, 4.69) is 11.9 Å². The van der Waals surface area contributed by atoms with Gasteiger partial charge < -0.3 is 24.4 Å². The molecule has 1 aliphatic heterocycles. The molecular weight excluding hydrogens is 400 g/mol. The topological polar surface area (TPSA) is 94.2 Å². The molecule has 0 bridgehead atoms. The Kier molecular flexibility index (Phi) is 9.37. The van der Waals surface area contributed by atoms with Gasteiger partial charge in [-0.3, -0.25) is 9.59 Å². The molecule has 2 rings (SSSR count). The number of rotatable bonds is 10. The van der Waals surface area contributed by atoms with Gasteiger partial charge in [0, 0.05) is 19.9 Å². The number of carbonyl (C=O) groups is 3. The highest BCUT2D eigenvalue weighted by Crippen LogP contribution is 2.27. The molecule has 1 fully saturated rings. The van der Waals surface area contributed by atoms with Gasteiger partial charge in [-0.1, -0.05) is 12.1 Å². The van der Waals surface area contributed by atoms with Crippen molar-refractivity contribution in [2.75, 3.05) is 27.4 Å². The highest BCUT2D eigenvalue weighted by Gasteiger charge is 2.36. The maximum atomic E-state index is 13.0. The largest absolute Gasteiger partial charge is 0.493 e. The predicted octanol–water partition coefficient (Wildman–Crippen LogP) is 2.25. The second-order valence-corrected chi connectivity index (χ2v) is 7.43. The van der Waals surface area contributed by atoms with E-state index in [4.69, 9.17) is 14.2 Å². The molecule has 8 nitrogen and oxygen atoms in total. The number of nitrogens with one attached hydrogen (secondary N) is 1. The minimum atomic E-state index is -0.727.